The van der Waals surface area contributed by atoms with Crippen molar-refractivity contribution in [2.75, 3.05) is 39.3 Å². The fraction of sp³-hybridized carbons (Fsp3) is 0.923. The smallest absolute Gasteiger partial charge is 0.220 e. The summed E-state index contributed by atoms with van der Waals surface area (Å²) in [7, 11) is 0. The summed E-state index contributed by atoms with van der Waals surface area (Å²) in [5.41, 5.74) is 0.282. The van der Waals surface area contributed by atoms with E-state index in [9.17, 15) is 4.79 Å². The van der Waals surface area contributed by atoms with Gasteiger partial charge in [-0.05, 0) is 44.8 Å². The summed E-state index contributed by atoms with van der Waals surface area (Å²) >= 11 is 0. The second-order valence-electron chi connectivity index (χ2n) is 6.13. The highest BCUT2D eigenvalue weighted by molar-refractivity contribution is 5.79. The van der Waals surface area contributed by atoms with Gasteiger partial charge in [0.1, 0.15) is 0 Å². The van der Waals surface area contributed by atoms with Crippen LogP contribution < -0.4 is 10.6 Å². The fourth-order valence-corrected chi connectivity index (χ4v) is 3.65. The average Bonchev–Trinajstić information content (AvgIpc) is 2.88. The molecular weight excluding hydrogens is 214 g/mol. The molecule has 3 rings (SSSR count). The van der Waals surface area contributed by atoms with E-state index in [0.717, 1.165) is 25.4 Å². The topological polar surface area (TPSA) is 44.4 Å². The average molecular weight is 237 g/mol. The largest absolute Gasteiger partial charge is 0.355 e. The third-order valence-electron chi connectivity index (χ3n) is 4.69. The Morgan fingerprint density at radius 2 is 2.18 bits per heavy atom. The molecule has 3 fully saturated rings. The zero-order valence-corrected chi connectivity index (χ0v) is 10.5. The van der Waals surface area contributed by atoms with Crippen molar-refractivity contribution in [3.8, 4) is 0 Å². The highest BCUT2D eigenvalue weighted by Crippen LogP contribution is 2.37. The quantitative estimate of drug-likeness (QED) is 0.721. The molecule has 1 spiro atoms. The Morgan fingerprint density at radius 3 is 2.88 bits per heavy atom. The lowest BCUT2D eigenvalue weighted by atomic mass is 9.86. The normalized spacial score (nSPS) is 35.6. The summed E-state index contributed by atoms with van der Waals surface area (Å²) in [5, 5.41) is 6.42. The third-order valence-corrected chi connectivity index (χ3v) is 4.69. The van der Waals surface area contributed by atoms with Gasteiger partial charge in [0.25, 0.3) is 0 Å². The minimum atomic E-state index is 0.258. The van der Waals surface area contributed by atoms with Crippen LogP contribution in [0.15, 0.2) is 0 Å². The number of carbonyl (C=O) groups excluding carboxylic acids is 1. The Hall–Kier alpha value is -0.610. The molecule has 0 bridgehead atoms. The molecule has 3 aliphatic heterocycles. The first kappa shape index (κ1) is 11.5. The van der Waals surface area contributed by atoms with Crippen LogP contribution in [0.5, 0.6) is 0 Å². The minimum Gasteiger partial charge on any atom is -0.355 e. The van der Waals surface area contributed by atoms with Crippen LogP contribution in [-0.4, -0.2) is 50.1 Å². The lowest BCUT2D eigenvalue weighted by molar-refractivity contribution is -0.119. The van der Waals surface area contributed by atoms with Crippen LogP contribution in [0.25, 0.3) is 0 Å². The Bertz CT molecular complexity index is 301. The van der Waals surface area contributed by atoms with Gasteiger partial charge in [-0.3, -0.25) is 4.79 Å². The molecule has 3 heterocycles. The van der Waals surface area contributed by atoms with E-state index in [2.05, 4.69) is 15.5 Å². The van der Waals surface area contributed by atoms with Gasteiger partial charge < -0.3 is 15.5 Å². The molecule has 0 radical (unpaired) electrons. The molecular formula is C13H23N3O. The molecule has 0 saturated carbocycles. The van der Waals surface area contributed by atoms with E-state index in [1.807, 2.05) is 0 Å². The Morgan fingerprint density at radius 1 is 1.35 bits per heavy atom. The van der Waals surface area contributed by atoms with Crippen LogP contribution >= 0.6 is 0 Å². The first-order chi connectivity index (χ1) is 8.26. The molecule has 0 aromatic heterocycles. The standard InChI is InChI=1S/C13H23N3O/c17-12-7-13(9-15-12)3-6-16(10-13)8-11-1-4-14-5-2-11/h11,14H,1-10H2,(H,15,17). The lowest BCUT2D eigenvalue weighted by Gasteiger charge is -2.28. The predicted molar refractivity (Wildman–Crippen MR) is 66.7 cm³/mol. The van der Waals surface area contributed by atoms with Crippen LogP contribution in [0, 0.1) is 11.3 Å². The second-order valence-corrected chi connectivity index (χ2v) is 6.13. The molecule has 3 saturated heterocycles. The summed E-state index contributed by atoms with van der Waals surface area (Å²) in [6, 6.07) is 0. The first-order valence-corrected chi connectivity index (χ1v) is 6.96. The van der Waals surface area contributed by atoms with E-state index in [1.165, 1.54) is 45.4 Å². The van der Waals surface area contributed by atoms with Gasteiger partial charge in [-0.2, -0.15) is 0 Å². The summed E-state index contributed by atoms with van der Waals surface area (Å²) in [6.45, 7) is 6.86. The number of carbonyl (C=O) groups is 1. The number of hydrogen-bond donors (Lipinski definition) is 2. The zero-order valence-electron chi connectivity index (χ0n) is 10.5. The maximum Gasteiger partial charge on any atom is 0.220 e. The molecule has 96 valence electrons. The van der Waals surface area contributed by atoms with Crippen LogP contribution in [0.4, 0.5) is 0 Å². The van der Waals surface area contributed by atoms with Crippen molar-refractivity contribution in [1.82, 2.24) is 15.5 Å². The Labute approximate surface area is 103 Å². The molecule has 17 heavy (non-hydrogen) atoms. The van der Waals surface area contributed by atoms with E-state index in [1.54, 1.807) is 0 Å². The van der Waals surface area contributed by atoms with E-state index in [-0.39, 0.29) is 11.3 Å². The number of likely N-dealkylation sites (tertiary alicyclic amines) is 1. The van der Waals surface area contributed by atoms with Crippen LogP contribution in [0.2, 0.25) is 0 Å². The van der Waals surface area contributed by atoms with E-state index in [4.69, 9.17) is 0 Å². The highest BCUT2D eigenvalue weighted by Gasteiger charge is 2.43. The number of nitrogens with one attached hydrogen (secondary N) is 2. The van der Waals surface area contributed by atoms with Crippen molar-refractivity contribution < 1.29 is 4.79 Å². The van der Waals surface area contributed by atoms with Crippen molar-refractivity contribution in [2.24, 2.45) is 11.3 Å². The fourth-order valence-electron chi connectivity index (χ4n) is 3.65. The van der Waals surface area contributed by atoms with Crippen LogP contribution in [0.1, 0.15) is 25.7 Å². The lowest BCUT2D eigenvalue weighted by Crippen LogP contribution is -2.36. The van der Waals surface area contributed by atoms with Crippen molar-refractivity contribution in [2.45, 2.75) is 25.7 Å². The molecule has 1 amide bonds. The summed E-state index contributed by atoms with van der Waals surface area (Å²) in [6.07, 6.45) is 4.60. The number of amides is 1. The zero-order chi connectivity index (χ0) is 11.7. The number of nitrogens with zero attached hydrogens (tertiary/aromatic N) is 1. The highest BCUT2D eigenvalue weighted by atomic mass is 16.1. The van der Waals surface area contributed by atoms with E-state index >= 15 is 0 Å². The monoisotopic (exact) mass is 237 g/mol. The van der Waals surface area contributed by atoms with Crippen LogP contribution in [-0.2, 0) is 4.79 Å². The molecule has 0 aromatic carbocycles. The van der Waals surface area contributed by atoms with Crippen molar-refractivity contribution >= 4 is 5.91 Å². The third kappa shape index (κ3) is 2.47. The molecule has 1 atom stereocenters. The van der Waals surface area contributed by atoms with Gasteiger partial charge in [0, 0.05) is 31.5 Å². The number of piperidine rings is 1. The Kier molecular flexibility index (Phi) is 3.09. The Balaban J connectivity index is 1.51. The predicted octanol–water partition coefficient (Wildman–Crippen LogP) is 0.198. The van der Waals surface area contributed by atoms with Crippen molar-refractivity contribution in [1.29, 1.82) is 0 Å². The molecule has 0 aromatic rings. The first-order valence-electron chi connectivity index (χ1n) is 6.96. The van der Waals surface area contributed by atoms with Crippen molar-refractivity contribution in [3.05, 3.63) is 0 Å². The molecule has 3 aliphatic rings. The molecule has 0 aliphatic carbocycles. The minimum absolute atomic E-state index is 0.258. The number of hydrogen-bond acceptors (Lipinski definition) is 3. The van der Waals surface area contributed by atoms with E-state index < -0.39 is 0 Å². The molecule has 2 N–H and O–H groups in total. The van der Waals surface area contributed by atoms with Crippen molar-refractivity contribution in [3.63, 3.8) is 0 Å². The van der Waals surface area contributed by atoms with Crippen LogP contribution in [0.3, 0.4) is 0 Å². The van der Waals surface area contributed by atoms with Gasteiger partial charge in [-0.1, -0.05) is 0 Å². The van der Waals surface area contributed by atoms with Gasteiger partial charge in [0.05, 0.1) is 0 Å². The molecule has 4 nitrogen and oxygen atoms in total. The maximum absolute atomic E-state index is 11.4. The number of rotatable bonds is 2. The SMILES string of the molecule is O=C1CC2(CCN(CC3CCNCC3)C2)CN1. The van der Waals surface area contributed by atoms with Gasteiger partial charge in [0.15, 0.2) is 0 Å². The summed E-state index contributed by atoms with van der Waals surface area (Å²) in [4.78, 5) is 14.0. The van der Waals surface area contributed by atoms with Gasteiger partial charge in [-0.15, -0.1) is 0 Å². The second kappa shape index (κ2) is 4.58. The van der Waals surface area contributed by atoms with E-state index in [0.29, 0.717) is 0 Å². The maximum atomic E-state index is 11.4. The van der Waals surface area contributed by atoms with Gasteiger partial charge in [-0.25, -0.2) is 0 Å². The van der Waals surface area contributed by atoms with Gasteiger partial charge >= 0.3 is 0 Å². The molecule has 1 unspecified atom stereocenters. The molecule has 4 heteroatoms. The summed E-state index contributed by atoms with van der Waals surface area (Å²) in [5.74, 6) is 1.13. The van der Waals surface area contributed by atoms with Gasteiger partial charge in [0.2, 0.25) is 5.91 Å². The summed E-state index contributed by atoms with van der Waals surface area (Å²) < 4.78 is 0.